The number of hydrogen-bond donors (Lipinski definition) is 2. The van der Waals surface area contributed by atoms with Gasteiger partial charge in [-0.15, -0.1) is 0 Å². The summed E-state index contributed by atoms with van der Waals surface area (Å²) in [6.07, 6.45) is 3.73. The lowest BCUT2D eigenvalue weighted by Gasteiger charge is -2.10. The molecule has 1 aliphatic heterocycles. The van der Waals surface area contributed by atoms with Crippen molar-refractivity contribution in [1.82, 2.24) is 14.7 Å². The van der Waals surface area contributed by atoms with Crippen molar-refractivity contribution >= 4 is 27.7 Å². The van der Waals surface area contributed by atoms with Crippen LogP contribution in [0.4, 0.5) is 5.95 Å². The number of sulfonamides is 1. The van der Waals surface area contributed by atoms with Crippen LogP contribution in [0, 0.1) is 5.92 Å². The highest BCUT2D eigenvalue weighted by Gasteiger charge is 2.20. The number of aromatic nitrogens is 2. The topological polar surface area (TPSA) is 84.0 Å². The predicted molar refractivity (Wildman–Crippen MR) is 76.8 cm³/mol. The van der Waals surface area contributed by atoms with E-state index in [9.17, 15) is 8.42 Å². The van der Waals surface area contributed by atoms with Crippen LogP contribution in [-0.4, -0.2) is 43.0 Å². The molecule has 0 spiro atoms. The Morgan fingerprint density at radius 2 is 2.16 bits per heavy atom. The molecule has 1 aromatic heterocycles. The van der Waals surface area contributed by atoms with E-state index < -0.39 is 10.0 Å². The van der Waals surface area contributed by atoms with Gasteiger partial charge in [0, 0.05) is 13.1 Å². The largest absolute Gasteiger partial charge is 0.355 e. The van der Waals surface area contributed by atoms with E-state index in [4.69, 9.17) is 0 Å². The van der Waals surface area contributed by atoms with E-state index in [1.165, 1.54) is 12.4 Å². The molecule has 19 heavy (non-hydrogen) atoms. The van der Waals surface area contributed by atoms with Gasteiger partial charge in [0.05, 0.1) is 12.4 Å². The molecule has 0 aliphatic carbocycles. The molecule has 1 aliphatic rings. The fourth-order valence-electron chi connectivity index (χ4n) is 1.76. The summed E-state index contributed by atoms with van der Waals surface area (Å²) in [5.41, 5.74) is 0. The maximum Gasteiger partial charge on any atom is 0.243 e. The van der Waals surface area contributed by atoms with Crippen LogP contribution in [0.5, 0.6) is 0 Å². The number of hydrogen-bond acceptors (Lipinski definition) is 6. The van der Waals surface area contributed by atoms with Gasteiger partial charge in [-0.3, -0.25) is 0 Å². The number of nitrogens with zero attached hydrogens (tertiary/aromatic N) is 2. The Bertz CT molecular complexity index is 498. The molecule has 1 unspecified atom stereocenters. The zero-order valence-corrected chi connectivity index (χ0v) is 12.4. The van der Waals surface area contributed by atoms with Crippen LogP contribution >= 0.6 is 11.8 Å². The van der Waals surface area contributed by atoms with Crippen molar-refractivity contribution in [3.05, 3.63) is 12.4 Å². The average molecular weight is 302 g/mol. The summed E-state index contributed by atoms with van der Waals surface area (Å²) in [5.74, 6) is 3.01. The maximum absolute atomic E-state index is 12.0. The zero-order valence-electron chi connectivity index (χ0n) is 10.8. The third-order valence-electron chi connectivity index (χ3n) is 2.86. The Morgan fingerprint density at radius 3 is 2.74 bits per heavy atom. The molecule has 8 heteroatoms. The minimum Gasteiger partial charge on any atom is -0.355 e. The van der Waals surface area contributed by atoms with Gasteiger partial charge in [-0.05, 0) is 30.8 Å². The second-order valence-corrected chi connectivity index (χ2v) is 7.27. The standard InChI is InChI=1S/C11H18N4O2S2/c1-2-12-11-13-6-10(7-14-11)19(16,17)15-5-9-3-4-18-8-9/h6-7,9,15H,2-5,8H2,1H3,(H,12,13,14). The van der Waals surface area contributed by atoms with Gasteiger partial charge in [-0.25, -0.2) is 23.1 Å². The lowest BCUT2D eigenvalue weighted by Crippen LogP contribution is -2.29. The fourth-order valence-corrected chi connectivity index (χ4v) is 4.05. The summed E-state index contributed by atoms with van der Waals surface area (Å²) in [6.45, 7) is 3.11. The molecule has 0 saturated carbocycles. The van der Waals surface area contributed by atoms with Crippen molar-refractivity contribution in [3.63, 3.8) is 0 Å². The maximum atomic E-state index is 12.0. The summed E-state index contributed by atoms with van der Waals surface area (Å²) in [4.78, 5) is 8.05. The SMILES string of the molecule is CCNc1ncc(S(=O)(=O)NCC2CCSC2)cn1. The monoisotopic (exact) mass is 302 g/mol. The first-order valence-corrected chi connectivity index (χ1v) is 8.89. The van der Waals surface area contributed by atoms with Crippen molar-refractivity contribution in [3.8, 4) is 0 Å². The van der Waals surface area contributed by atoms with Crippen LogP contribution in [-0.2, 0) is 10.0 Å². The van der Waals surface area contributed by atoms with Gasteiger partial charge in [0.25, 0.3) is 0 Å². The third kappa shape index (κ3) is 4.05. The van der Waals surface area contributed by atoms with E-state index in [1.54, 1.807) is 0 Å². The lowest BCUT2D eigenvalue weighted by atomic mass is 10.1. The second-order valence-electron chi connectivity index (χ2n) is 4.35. The highest BCUT2D eigenvalue weighted by atomic mass is 32.2. The molecule has 0 radical (unpaired) electrons. The minimum absolute atomic E-state index is 0.111. The molecule has 1 atom stereocenters. The normalized spacial score (nSPS) is 19.5. The number of anilines is 1. The summed E-state index contributed by atoms with van der Waals surface area (Å²) >= 11 is 1.87. The first-order chi connectivity index (χ1) is 9.12. The number of nitrogens with one attached hydrogen (secondary N) is 2. The minimum atomic E-state index is -3.49. The highest BCUT2D eigenvalue weighted by molar-refractivity contribution is 7.99. The van der Waals surface area contributed by atoms with Gasteiger partial charge in [0.1, 0.15) is 4.90 Å². The summed E-state index contributed by atoms with van der Waals surface area (Å²) in [6, 6.07) is 0. The molecule has 0 amide bonds. The highest BCUT2D eigenvalue weighted by Crippen LogP contribution is 2.23. The molecular formula is C11H18N4O2S2. The first kappa shape index (κ1) is 14.5. The summed E-state index contributed by atoms with van der Waals surface area (Å²) < 4.78 is 26.7. The Morgan fingerprint density at radius 1 is 1.42 bits per heavy atom. The molecule has 106 valence electrons. The second kappa shape index (κ2) is 6.53. The van der Waals surface area contributed by atoms with Gasteiger partial charge in [-0.2, -0.15) is 11.8 Å². The van der Waals surface area contributed by atoms with E-state index in [0.29, 0.717) is 25.0 Å². The van der Waals surface area contributed by atoms with E-state index in [0.717, 1.165) is 17.9 Å². The first-order valence-electron chi connectivity index (χ1n) is 6.25. The molecule has 2 heterocycles. The predicted octanol–water partition coefficient (Wildman–Crippen LogP) is 0.940. The van der Waals surface area contributed by atoms with Crippen LogP contribution in [0.25, 0.3) is 0 Å². The van der Waals surface area contributed by atoms with Crippen LogP contribution in [0.2, 0.25) is 0 Å². The molecule has 2 rings (SSSR count). The summed E-state index contributed by atoms with van der Waals surface area (Å²) in [7, 11) is -3.49. The van der Waals surface area contributed by atoms with E-state index in [2.05, 4.69) is 20.0 Å². The Hall–Kier alpha value is -0.860. The summed E-state index contributed by atoms with van der Waals surface area (Å²) in [5, 5.41) is 2.92. The van der Waals surface area contributed by atoms with E-state index in [-0.39, 0.29) is 4.90 Å². The third-order valence-corrected chi connectivity index (χ3v) is 5.47. The molecule has 1 saturated heterocycles. The number of rotatable bonds is 6. The quantitative estimate of drug-likeness (QED) is 0.813. The van der Waals surface area contributed by atoms with Crippen molar-refractivity contribution in [2.24, 2.45) is 5.92 Å². The van der Waals surface area contributed by atoms with Gasteiger partial charge < -0.3 is 5.32 Å². The van der Waals surface area contributed by atoms with Gasteiger partial charge >= 0.3 is 0 Å². The molecule has 1 fully saturated rings. The molecule has 6 nitrogen and oxygen atoms in total. The van der Waals surface area contributed by atoms with Crippen molar-refractivity contribution in [1.29, 1.82) is 0 Å². The lowest BCUT2D eigenvalue weighted by molar-refractivity contribution is 0.545. The van der Waals surface area contributed by atoms with E-state index >= 15 is 0 Å². The van der Waals surface area contributed by atoms with E-state index in [1.807, 2.05) is 18.7 Å². The van der Waals surface area contributed by atoms with Crippen LogP contribution in [0.3, 0.4) is 0 Å². The smallest absolute Gasteiger partial charge is 0.243 e. The molecule has 0 bridgehead atoms. The van der Waals surface area contributed by atoms with Crippen LogP contribution < -0.4 is 10.0 Å². The Labute approximate surface area is 117 Å². The van der Waals surface area contributed by atoms with Gasteiger partial charge in [-0.1, -0.05) is 0 Å². The number of thioether (sulfide) groups is 1. The molecule has 2 N–H and O–H groups in total. The Balaban J connectivity index is 1.97. The average Bonchev–Trinajstić information content (AvgIpc) is 2.91. The van der Waals surface area contributed by atoms with Crippen molar-refractivity contribution in [2.75, 3.05) is 29.9 Å². The van der Waals surface area contributed by atoms with Gasteiger partial charge in [0.15, 0.2) is 0 Å². The molecule has 1 aromatic rings. The molecular weight excluding hydrogens is 284 g/mol. The molecule has 0 aromatic carbocycles. The van der Waals surface area contributed by atoms with Crippen molar-refractivity contribution < 1.29 is 8.42 Å². The Kier molecular flexibility index (Phi) is 5.00. The zero-order chi connectivity index (χ0) is 13.7. The fraction of sp³-hybridized carbons (Fsp3) is 0.636. The van der Waals surface area contributed by atoms with Gasteiger partial charge in [0.2, 0.25) is 16.0 Å². The van der Waals surface area contributed by atoms with Crippen LogP contribution in [0.1, 0.15) is 13.3 Å². The van der Waals surface area contributed by atoms with Crippen molar-refractivity contribution in [2.45, 2.75) is 18.2 Å². The van der Waals surface area contributed by atoms with Crippen LogP contribution in [0.15, 0.2) is 17.3 Å².